The number of nitrogens with two attached hydrogens (primary N) is 1. The minimum atomic E-state index is -0.565. The Morgan fingerprint density at radius 3 is 2.48 bits per heavy atom. The van der Waals surface area contributed by atoms with Crippen LogP contribution in [0.15, 0.2) is 66.3 Å². The van der Waals surface area contributed by atoms with Gasteiger partial charge in [0, 0.05) is 68.0 Å². The van der Waals surface area contributed by atoms with Crippen molar-refractivity contribution in [3.8, 4) is 10.4 Å². The van der Waals surface area contributed by atoms with Crippen LogP contribution in [0.1, 0.15) is 17.5 Å². The van der Waals surface area contributed by atoms with Gasteiger partial charge >= 0.3 is 0 Å². The van der Waals surface area contributed by atoms with E-state index in [1.165, 1.54) is 16.0 Å². The van der Waals surface area contributed by atoms with Gasteiger partial charge in [-0.05, 0) is 41.5 Å². The van der Waals surface area contributed by atoms with Crippen molar-refractivity contribution in [3.63, 3.8) is 0 Å². The molecule has 1 aromatic carbocycles. The van der Waals surface area contributed by atoms with Crippen LogP contribution in [-0.2, 0) is 17.8 Å². The lowest BCUT2D eigenvalue weighted by Gasteiger charge is -2.36. The Labute approximate surface area is 199 Å². The van der Waals surface area contributed by atoms with Crippen molar-refractivity contribution < 1.29 is 9.90 Å². The van der Waals surface area contributed by atoms with Crippen molar-refractivity contribution in [1.29, 1.82) is 0 Å². The summed E-state index contributed by atoms with van der Waals surface area (Å²) < 4.78 is 0. The number of aromatic nitrogens is 1. The Morgan fingerprint density at radius 2 is 1.79 bits per heavy atom. The van der Waals surface area contributed by atoms with Crippen LogP contribution in [0.4, 0.5) is 0 Å². The topological polar surface area (TPSA) is 82.7 Å². The molecule has 7 heteroatoms. The zero-order chi connectivity index (χ0) is 23.0. The maximum Gasteiger partial charge on any atom is 0.220 e. The Hall–Kier alpha value is -2.58. The molecule has 4 rings (SSSR count). The fourth-order valence-electron chi connectivity index (χ4n) is 4.44. The number of amides is 1. The molecule has 0 bridgehead atoms. The number of pyridine rings is 1. The van der Waals surface area contributed by atoms with E-state index in [1.54, 1.807) is 11.3 Å². The number of benzene rings is 1. The Bertz CT molecular complexity index is 1000. The maximum absolute atomic E-state index is 11.9. The molecule has 33 heavy (non-hydrogen) atoms. The molecule has 1 amide bonds. The zero-order valence-corrected chi connectivity index (χ0v) is 19.7. The second-order valence-electron chi connectivity index (χ2n) is 8.81. The fourth-order valence-corrected chi connectivity index (χ4v) is 5.15. The summed E-state index contributed by atoms with van der Waals surface area (Å²) in [6.45, 7) is 5.13. The first-order valence-electron chi connectivity index (χ1n) is 11.5. The number of hydrogen-bond donors (Lipinski definition) is 2. The molecular weight excluding hydrogens is 432 g/mol. The first kappa shape index (κ1) is 23.6. The Kier molecular flexibility index (Phi) is 8.23. The third kappa shape index (κ3) is 6.95. The Balaban J connectivity index is 1.23. The Morgan fingerprint density at radius 1 is 1.03 bits per heavy atom. The van der Waals surface area contributed by atoms with Gasteiger partial charge in [-0.2, -0.15) is 0 Å². The van der Waals surface area contributed by atoms with Crippen LogP contribution < -0.4 is 5.73 Å². The van der Waals surface area contributed by atoms with E-state index in [4.69, 9.17) is 5.73 Å². The second kappa shape index (κ2) is 11.5. The molecule has 3 N–H and O–H groups in total. The number of rotatable bonds is 10. The lowest BCUT2D eigenvalue weighted by Crippen LogP contribution is -2.48. The summed E-state index contributed by atoms with van der Waals surface area (Å²) in [6, 6.07) is 16.3. The van der Waals surface area contributed by atoms with E-state index < -0.39 is 6.10 Å². The molecule has 0 spiro atoms. The SMILES string of the molecule is NC(=O)[C@H](Cc1ccccc1)CC(O)CN1CCN(Cc2cncc(-c3cccs3)c2)CC1. The average Bonchev–Trinajstić information content (AvgIpc) is 3.36. The molecular formula is C26H32N4O2S. The van der Waals surface area contributed by atoms with Crippen LogP contribution in [0, 0.1) is 5.92 Å². The van der Waals surface area contributed by atoms with Crippen molar-refractivity contribution in [2.45, 2.75) is 25.5 Å². The number of hydrogen-bond acceptors (Lipinski definition) is 6. The molecule has 3 heterocycles. The molecule has 6 nitrogen and oxygen atoms in total. The van der Waals surface area contributed by atoms with E-state index in [0.717, 1.165) is 38.3 Å². The normalized spacial score (nSPS) is 17.0. The van der Waals surface area contributed by atoms with Gasteiger partial charge in [0.05, 0.1) is 6.10 Å². The monoisotopic (exact) mass is 464 g/mol. The molecule has 0 aliphatic carbocycles. The van der Waals surface area contributed by atoms with E-state index in [9.17, 15) is 9.90 Å². The molecule has 1 saturated heterocycles. The first-order chi connectivity index (χ1) is 16.1. The predicted octanol–water partition coefficient (Wildman–Crippen LogP) is 3.02. The minimum absolute atomic E-state index is 0.346. The van der Waals surface area contributed by atoms with E-state index in [-0.39, 0.29) is 11.8 Å². The van der Waals surface area contributed by atoms with Crippen LogP contribution >= 0.6 is 11.3 Å². The number of β-amino-alcohol motifs (C(OH)–C–C–N with tert-alkyl or cyclic N) is 1. The largest absolute Gasteiger partial charge is 0.392 e. The summed E-state index contributed by atoms with van der Waals surface area (Å²) in [5.74, 6) is -0.701. The van der Waals surface area contributed by atoms with Crippen LogP contribution in [0.2, 0.25) is 0 Å². The molecule has 1 unspecified atom stereocenters. The van der Waals surface area contributed by atoms with Crippen molar-refractivity contribution in [2.75, 3.05) is 32.7 Å². The van der Waals surface area contributed by atoms with E-state index in [2.05, 4.69) is 38.4 Å². The second-order valence-corrected chi connectivity index (χ2v) is 9.76. The number of carbonyl (C=O) groups excluding carboxylic acids is 1. The summed E-state index contributed by atoms with van der Waals surface area (Å²) >= 11 is 1.73. The molecule has 2 aromatic heterocycles. The molecule has 0 radical (unpaired) electrons. The highest BCUT2D eigenvalue weighted by atomic mass is 32.1. The van der Waals surface area contributed by atoms with Gasteiger partial charge in [0.1, 0.15) is 0 Å². The number of aliphatic hydroxyl groups is 1. The first-order valence-corrected chi connectivity index (χ1v) is 12.4. The van der Waals surface area contributed by atoms with Gasteiger partial charge in [0.25, 0.3) is 0 Å². The molecule has 3 aromatic rings. The molecule has 1 aliphatic rings. The lowest BCUT2D eigenvalue weighted by molar-refractivity contribution is -0.122. The standard InChI is InChI=1S/C26H32N4O2S/c27-26(32)22(13-20-5-2-1-3-6-20)15-24(31)19-30-10-8-29(9-11-30)18-21-14-23(17-28-16-21)25-7-4-12-33-25/h1-7,12,14,16-17,22,24,31H,8-11,13,15,18-19H2,(H2,27,32)/t22-,24?/m1/s1. The lowest BCUT2D eigenvalue weighted by atomic mass is 9.93. The van der Waals surface area contributed by atoms with Crippen molar-refractivity contribution in [1.82, 2.24) is 14.8 Å². The van der Waals surface area contributed by atoms with Crippen LogP contribution in [0.5, 0.6) is 0 Å². The highest BCUT2D eigenvalue weighted by Gasteiger charge is 2.24. The average molecular weight is 465 g/mol. The quantitative estimate of drug-likeness (QED) is 0.482. The van der Waals surface area contributed by atoms with Gasteiger partial charge in [-0.1, -0.05) is 36.4 Å². The minimum Gasteiger partial charge on any atom is -0.392 e. The molecule has 0 saturated carbocycles. The molecule has 174 valence electrons. The van der Waals surface area contributed by atoms with Crippen LogP contribution in [-0.4, -0.2) is 64.6 Å². The number of primary amides is 1. The fraction of sp³-hybridized carbons (Fsp3) is 0.385. The summed E-state index contributed by atoms with van der Waals surface area (Å²) in [7, 11) is 0. The number of nitrogens with zero attached hydrogens (tertiary/aromatic N) is 3. The highest BCUT2D eigenvalue weighted by Crippen LogP contribution is 2.25. The van der Waals surface area contributed by atoms with Crippen LogP contribution in [0.3, 0.4) is 0 Å². The smallest absolute Gasteiger partial charge is 0.220 e. The summed E-state index contributed by atoms with van der Waals surface area (Å²) in [4.78, 5) is 22.3. The van der Waals surface area contributed by atoms with E-state index >= 15 is 0 Å². The van der Waals surface area contributed by atoms with Gasteiger partial charge in [-0.15, -0.1) is 11.3 Å². The van der Waals surface area contributed by atoms with Crippen molar-refractivity contribution in [2.24, 2.45) is 11.7 Å². The number of carbonyl (C=O) groups is 1. The zero-order valence-electron chi connectivity index (χ0n) is 18.8. The highest BCUT2D eigenvalue weighted by molar-refractivity contribution is 7.13. The number of aliphatic hydroxyl groups excluding tert-OH is 1. The van der Waals surface area contributed by atoms with Gasteiger partial charge in [0.2, 0.25) is 5.91 Å². The molecule has 1 aliphatic heterocycles. The van der Waals surface area contributed by atoms with Gasteiger partial charge < -0.3 is 10.8 Å². The van der Waals surface area contributed by atoms with Crippen molar-refractivity contribution in [3.05, 3.63) is 77.4 Å². The predicted molar refractivity (Wildman–Crippen MR) is 133 cm³/mol. The van der Waals surface area contributed by atoms with E-state index in [0.29, 0.717) is 19.4 Å². The van der Waals surface area contributed by atoms with Gasteiger partial charge in [-0.25, -0.2) is 0 Å². The summed E-state index contributed by atoms with van der Waals surface area (Å²) in [5, 5.41) is 12.7. The van der Waals surface area contributed by atoms with Gasteiger partial charge in [0.15, 0.2) is 0 Å². The van der Waals surface area contributed by atoms with E-state index in [1.807, 2.05) is 42.7 Å². The number of thiophene rings is 1. The van der Waals surface area contributed by atoms with Crippen LogP contribution in [0.25, 0.3) is 10.4 Å². The maximum atomic E-state index is 11.9. The summed E-state index contributed by atoms with van der Waals surface area (Å²) in [6.07, 6.45) is 4.27. The summed E-state index contributed by atoms with van der Waals surface area (Å²) in [5.41, 5.74) is 9.09. The third-order valence-corrected chi connectivity index (χ3v) is 7.14. The van der Waals surface area contributed by atoms with Gasteiger partial charge in [-0.3, -0.25) is 19.6 Å². The third-order valence-electron chi connectivity index (χ3n) is 6.22. The number of piperazine rings is 1. The molecule has 2 atom stereocenters. The van der Waals surface area contributed by atoms with Crippen molar-refractivity contribution >= 4 is 17.2 Å². The molecule has 1 fully saturated rings.